The van der Waals surface area contributed by atoms with Gasteiger partial charge in [-0.25, -0.2) is 0 Å². The molecule has 4 atom stereocenters. The van der Waals surface area contributed by atoms with Crippen molar-refractivity contribution in [1.29, 1.82) is 5.41 Å². The molecule has 1 aliphatic rings. The summed E-state index contributed by atoms with van der Waals surface area (Å²) < 4.78 is 0. The summed E-state index contributed by atoms with van der Waals surface area (Å²) in [4.78, 5) is 11.3. The molecule has 0 bridgehead atoms. The van der Waals surface area contributed by atoms with Gasteiger partial charge in [-0.05, 0) is 37.5 Å². The predicted octanol–water partition coefficient (Wildman–Crippen LogP) is 1.49. The highest BCUT2D eigenvalue weighted by atomic mass is 16.4. The van der Waals surface area contributed by atoms with Crippen LogP contribution < -0.4 is 16.8 Å². The number of carboxylic acid groups (broad SMARTS) is 1. The van der Waals surface area contributed by atoms with Crippen LogP contribution >= 0.6 is 0 Å². The number of guanidine groups is 1. The Morgan fingerprint density at radius 1 is 1.33 bits per heavy atom. The van der Waals surface area contributed by atoms with E-state index in [1.54, 1.807) is 0 Å². The molecule has 1 saturated carbocycles. The van der Waals surface area contributed by atoms with E-state index in [9.17, 15) is 9.90 Å². The van der Waals surface area contributed by atoms with Crippen molar-refractivity contribution in [3.8, 4) is 0 Å². The van der Waals surface area contributed by atoms with Gasteiger partial charge in [0.1, 0.15) is 0 Å². The quantitative estimate of drug-likeness (QED) is 0.343. The monoisotopic (exact) mass is 298 g/mol. The number of hydrogen-bond acceptors (Lipinski definition) is 3. The maximum absolute atomic E-state index is 11.3. The molecular formula is C15H30N4O2. The van der Waals surface area contributed by atoms with Gasteiger partial charge in [0.15, 0.2) is 5.96 Å². The molecule has 1 rings (SSSR count). The maximum Gasteiger partial charge on any atom is 0.306 e. The van der Waals surface area contributed by atoms with Gasteiger partial charge in [-0.3, -0.25) is 10.2 Å². The van der Waals surface area contributed by atoms with Crippen LogP contribution in [0.25, 0.3) is 0 Å². The van der Waals surface area contributed by atoms with E-state index in [0.29, 0.717) is 18.8 Å². The fraction of sp³-hybridized carbons (Fsp3) is 0.867. The molecule has 0 amide bonds. The van der Waals surface area contributed by atoms with Crippen LogP contribution in [0.2, 0.25) is 0 Å². The maximum atomic E-state index is 11.3. The average molecular weight is 298 g/mol. The van der Waals surface area contributed by atoms with Gasteiger partial charge in [0.05, 0.1) is 5.92 Å². The summed E-state index contributed by atoms with van der Waals surface area (Å²) in [6, 6.07) is -0.138. The summed E-state index contributed by atoms with van der Waals surface area (Å²) in [5.41, 5.74) is 11.9. The highest BCUT2D eigenvalue weighted by molar-refractivity contribution is 5.75. The van der Waals surface area contributed by atoms with Gasteiger partial charge in [-0.15, -0.1) is 0 Å². The Balaban J connectivity index is 2.82. The van der Waals surface area contributed by atoms with Crippen molar-refractivity contribution in [2.75, 3.05) is 0 Å². The molecular weight excluding hydrogens is 268 g/mol. The van der Waals surface area contributed by atoms with Crippen LogP contribution in [0.15, 0.2) is 0 Å². The van der Waals surface area contributed by atoms with Crippen molar-refractivity contribution < 1.29 is 9.90 Å². The van der Waals surface area contributed by atoms with Crippen LogP contribution in [0.1, 0.15) is 52.4 Å². The van der Waals surface area contributed by atoms with E-state index in [1.165, 1.54) is 0 Å². The second-order valence-electron chi connectivity index (χ2n) is 6.25. The van der Waals surface area contributed by atoms with E-state index in [4.69, 9.17) is 16.9 Å². The molecule has 1 unspecified atom stereocenters. The first-order valence-corrected chi connectivity index (χ1v) is 7.99. The lowest BCUT2D eigenvalue weighted by atomic mass is 9.80. The Labute approximate surface area is 127 Å². The molecule has 1 fully saturated rings. The average Bonchev–Trinajstić information content (AvgIpc) is 2.81. The summed E-state index contributed by atoms with van der Waals surface area (Å²) in [5, 5.41) is 19.6. The standard InChI is InChI=1S/C15H30N4O2/c1-3-5-9(6-4-2)13(16)11-7-10(14(20)21)8-12(11)19-15(17)18/h9-13H,3-8,16H2,1-2H3,(H,20,21)(H4,17,18,19)/t10-,11-,12-,13?/m1/s1. The minimum Gasteiger partial charge on any atom is -0.481 e. The van der Waals surface area contributed by atoms with E-state index in [2.05, 4.69) is 19.2 Å². The molecule has 0 aliphatic heterocycles. The zero-order valence-corrected chi connectivity index (χ0v) is 13.1. The fourth-order valence-corrected chi connectivity index (χ4v) is 3.68. The molecule has 0 spiro atoms. The van der Waals surface area contributed by atoms with E-state index in [0.717, 1.165) is 25.7 Å². The molecule has 0 radical (unpaired) electrons. The Morgan fingerprint density at radius 3 is 2.33 bits per heavy atom. The van der Waals surface area contributed by atoms with Crippen LogP contribution in [-0.4, -0.2) is 29.1 Å². The topological polar surface area (TPSA) is 125 Å². The number of nitrogens with one attached hydrogen (secondary N) is 2. The van der Waals surface area contributed by atoms with Gasteiger partial charge >= 0.3 is 5.97 Å². The van der Waals surface area contributed by atoms with E-state index >= 15 is 0 Å². The minimum absolute atomic E-state index is 0.0360. The molecule has 6 nitrogen and oxygen atoms in total. The molecule has 7 N–H and O–H groups in total. The molecule has 1 aliphatic carbocycles. The summed E-state index contributed by atoms with van der Waals surface area (Å²) >= 11 is 0. The second-order valence-corrected chi connectivity index (χ2v) is 6.25. The summed E-state index contributed by atoms with van der Waals surface area (Å²) in [7, 11) is 0. The Bertz CT molecular complexity index is 356. The first-order valence-electron chi connectivity index (χ1n) is 7.99. The van der Waals surface area contributed by atoms with Gasteiger partial charge in [0, 0.05) is 12.1 Å². The lowest BCUT2D eigenvalue weighted by molar-refractivity contribution is -0.141. The van der Waals surface area contributed by atoms with Crippen LogP contribution in [-0.2, 0) is 4.79 Å². The zero-order valence-electron chi connectivity index (χ0n) is 13.1. The normalized spacial score (nSPS) is 26.8. The van der Waals surface area contributed by atoms with Crippen molar-refractivity contribution in [2.45, 2.75) is 64.5 Å². The summed E-state index contributed by atoms with van der Waals surface area (Å²) in [6.07, 6.45) is 5.37. The third kappa shape index (κ3) is 4.88. The lowest BCUT2D eigenvalue weighted by Crippen LogP contribution is -2.49. The largest absolute Gasteiger partial charge is 0.481 e. The van der Waals surface area contributed by atoms with Crippen LogP contribution in [0, 0.1) is 23.2 Å². The van der Waals surface area contributed by atoms with Crippen LogP contribution in [0.3, 0.4) is 0 Å². The molecule has 21 heavy (non-hydrogen) atoms. The van der Waals surface area contributed by atoms with Crippen molar-refractivity contribution >= 4 is 11.9 Å². The molecule has 0 aromatic carbocycles. The first kappa shape index (κ1) is 17.8. The number of nitrogens with two attached hydrogens (primary N) is 2. The molecule has 0 aromatic heterocycles. The van der Waals surface area contributed by atoms with Crippen LogP contribution in [0.5, 0.6) is 0 Å². The minimum atomic E-state index is -0.775. The number of carbonyl (C=O) groups is 1. The van der Waals surface area contributed by atoms with Crippen molar-refractivity contribution in [3.05, 3.63) is 0 Å². The molecule has 122 valence electrons. The van der Waals surface area contributed by atoms with Crippen LogP contribution in [0.4, 0.5) is 0 Å². The second kappa shape index (κ2) is 8.22. The number of rotatable bonds is 8. The van der Waals surface area contributed by atoms with Crippen molar-refractivity contribution in [2.24, 2.45) is 29.2 Å². The fourth-order valence-electron chi connectivity index (χ4n) is 3.68. The lowest BCUT2D eigenvalue weighted by Gasteiger charge is -2.32. The summed E-state index contributed by atoms with van der Waals surface area (Å²) in [6.45, 7) is 4.30. The smallest absolute Gasteiger partial charge is 0.306 e. The van der Waals surface area contributed by atoms with Crippen molar-refractivity contribution in [1.82, 2.24) is 5.32 Å². The number of carboxylic acids is 1. The van der Waals surface area contributed by atoms with Gasteiger partial charge in [0.25, 0.3) is 0 Å². The van der Waals surface area contributed by atoms with Gasteiger partial charge in [0.2, 0.25) is 0 Å². The Kier molecular flexibility index (Phi) is 6.95. The zero-order chi connectivity index (χ0) is 16.0. The highest BCUT2D eigenvalue weighted by Gasteiger charge is 2.42. The van der Waals surface area contributed by atoms with E-state index in [-0.39, 0.29) is 29.9 Å². The van der Waals surface area contributed by atoms with Gasteiger partial charge < -0.3 is 21.9 Å². The van der Waals surface area contributed by atoms with Gasteiger partial charge in [-0.2, -0.15) is 0 Å². The molecule has 0 saturated heterocycles. The Morgan fingerprint density at radius 2 is 1.90 bits per heavy atom. The highest BCUT2D eigenvalue weighted by Crippen LogP contribution is 2.37. The van der Waals surface area contributed by atoms with E-state index in [1.807, 2.05) is 0 Å². The molecule has 0 aromatic rings. The summed E-state index contributed by atoms with van der Waals surface area (Å²) in [5.74, 6) is -0.790. The third-order valence-corrected chi connectivity index (χ3v) is 4.66. The van der Waals surface area contributed by atoms with Gasteiger partial charge in [-0.1, -0.05) is 26.7 Å². The third-order valence-electron chi connectivity index (χ3n) is 4.66. The van der Waals surface area contributed by atoms with Crippen molar-refractivity contribution in [3.63, 3.8) is 0 Å². The van der Waals surface area contributed by atoms with E-state index < -0.39 is 5.97 Å². The molecule has 6 heteroatoms. The first-order chi connectivity index (χ1) is 9.90. The molecule has 0 heterocycles. The number of aliphatic carboxylic acids is 1. The predicted molar refractivity (Wildman–Crippen MR) is 84.0 cm³/mol. The Hall–Kier alpha value is -1.30. The number of hydrogen-bond donors (Lipinski definition) is 5. The SMILES string of the molecule is CCCC(CCC)C(N)[C@@H]1C[C@@H](C(=O)O)C[C@H]1NC(=N)N.